The number of benzene rings is 1. The van der Waals surface area contributed by atoms with Crippen LogP contribution in [0.15, 0.2) is 47.8 Å². The molecule has 1 aliphatic heterocycles. The molecule has 1 aliphatic rings. The van der Waals surface area contributed by atoms with Crippen LogP contribution in [-0.2, 0) is 13.1 Å². The summed E-state index contributed by atoms with van der Waals surface area (Å²) in [4.78, 5) is 6.56. The maximum Gasteiger partial charge on any atom is 0.171 e. The third-order valence-corrected chi connectivity index (χ3v) is 3.32. The van der Waals surface area contributed by atoms with Crippen molar-refractivity contribution in [3.8, 4) is 0 Å². The van der Waals surface area contributed by atoms with Gasteiger partial charge in [-0.15, -0.1) is 0 Å². The second-order valence-electron chi connectivity index (χ2n) is 4.52. The summed E-state index contributed by atoms with van der Waals surface area (Å²) in [7, 11) is 0. The van der Waals surface area contributed by atoms with Gasteiger partial charge in [-0.2, -0.15) is 0 Å². The number of rotatable bonds is 2. The fraction of sp³-hybridized carbons (Fsp3) is 0.143. The van der Waals surface area contributed by atoms with Gasteiger partial charge in [-0.05, 0) is 23.3 Å². The molecule has 0 bridgehead atoms. The smallest absolute Gasteiger partial charge is 0.171 e. The predicted octanol–water partition coefficient (Wildman–Crippen LogP) is 1.70. The topological polar surface area (TPSA) is 74.7 Å². The maximum atomic E-state index is 8.61. The third kappa shape index (κ3) is 2.10. The van der Waals surface area contributed by atoms with E-state index in [4.69, 9.17) is 10.9 Å². The number of pyridine rings is 1. The molecule has 3 rings (SSSR count). The molecule has 0 aliphatic carbocycles. The highest BCUT2D eigenvalue weighted by Crippen LogP contribution is 2.26. The molecule has 5 heteroatoms. The number of oxime groups is 1. The van der Waals surface area contributed by atoms with E-state index in [9.17, 15) is 0 Å². The zero-order valence-electron chi connectivity index (χ0n) is 10.3. The highest BCUT2D eigenvalue weighted by atomic mass is 16.4. The van der Waals surface area contributed by atoms with E-state index in [2.05, 4.69) is 39.3 Å². The molecular weight excluding hydrogens is 240 g/mol. The zero-order chi connectivity index (χ0) is 13.2. The average molecular weight is 254 g/mol. The molecule has 2 heterocycles. The molecule has 96 valence electrons. The Kier molecular flexibility index (Phi) is 2.79. The van der Waals surface area contributed by atoms with Crippen LogP contribution in [0.1, 0.15) is 16.7 Å². The molecule has 0 fully saturated rings. The van der Waals surface area contributed by atoms with E-state index in [1.165, 1.54) is 11.1 Å². The Labute approximate surface area is 111 Å². The van der Waals surface area contributed by atoms with Crippen molar-refractivity contribution in [2.75, 3.05) is 4.90 Å². The monoisotopic (exact) mass is 254 g/mol. The van der Waals surface area contributed by atoms with Crippen LogP contribution in [0.2, 0.25) is 0 Å². The van der Waals surface area contributed by atoms with E-state index in [1.54, 1.807) is 12.3 Å². The first-order valence-electron chi connectivity index (χ1n) is 6.03. The van der Waals surface area contributed by atoms with Crippen LogP contribution in [0.25, 0.3) is 0 Å². The lowest BCUT2D eigenvalue weighted by atomic mass is 10.1. The Morgan fingerprint density at radius 2 is 1.84 bits per heavy atom. The average Bonchev–Trinajstić information content (AvgIpc) is 2.90. The molecule has 0 amide bonds. The highest BCUT2D eigenvalue weighted by Gasteiger charge is 2.19. The minimum atomic E-state index is 0.0729. The normalized spacial score (nSPS) is 14.5. The fourth-order valence-electron chi connectivity index (χ4n) is 2.28. The summed E-state index contributed by atoms with van der Waals surface area (Å²) in [6.45, 7) is 1.73. The van der Waals surface area contributed by atoms with Gasteiger partial charge in [0.25, 0.3) is 0 Å². The van der Waals surface area contributed by atoms with Crippen LogP contribution in [-0.4, -0.2) is 16.0 Å². The van der Waals surface area contributed by atoms with Crippen LogP contribution in [0.3, 0.4) is 0 Å². The fourth-order valence-corrected chi connectivity index (χ4v) is 2.28. The number of nitrogens with zero attached hydrogens (tertiary/aromatic N) is 3. The Bertz CT molecular complexity index is 597. The van der Waals surface area contributed by atoms with E-state index in [0.29, 0.717) is 5.56 Å². The summed E-state index contributed by atoms with van der Waals surface area (Å²) in [5.74, 6) is 0.967. The molecule has 0 spiro atoms. The van der Waals surface area contributed by atoms with Gasteiger partial charge < -0.3 is 15.8 Å². The lowest BCUT2D eigenvalue weighted by Crippen LogP contribution is -2.17. The van der Waals surface area contributed by atoms with Crippen molar-refractivity contribution in [3.63, 3.8) is 0 Å². The minimum Gasteiger partial charge on any atom is -0.409 e. The number of nitrogens with two attached hydrogens (primary N) is 1. The van der Waals surface area contributed by atoms with Crippen molar-refractivity contribution >= 4 is 11.7 Å². The van der Waals surface area contributed by atoms with Crippen LogP contribution >= 0.6 is 0 Å². The largest absolute Gasteiger partial charge is 0.409 e. The molecule has 0 saturated carbocycles. The molecule has 2 aromatic rings. The van der Waals surface area contributed by atoms with Gasteiger partial charge >= 0.3 is 0 Å². The molecule has 1 aromatic heterocycles. The molecular formula is C14H14N4O. The van der Waals surface area contributed by atoms with Gasteiger partial charge in [-0.3, -0.25) is 0 Å². The first kappa shape index (κ1) is 11.5. The van der Waals surface area contributed by atoms with E-state index in [-0.39, 0.29) is 5.84 Å². The molecule has 5 nitrogen and oxygen atoms in total. The van der Waals surface area contributed by atoms with Crippen LogP contribution in [0.5, 0.6) is 0 Å². The Morgan fingerprint density at radius 1 is 1.16 bits per heavy atom. The highest BCUT2D eigenvalue weighted by molar-refractivity contribution is 5.96. The number of hydrogen-bond acceptors (Lipinski definition) is 4. The third-order valence-electron chi connectivity index (χ3n) is 3.32. The lowest BCUT2D eigenvalue weighted by Gasteiger charge is -2.16. The van der Waals surface area contributed by atoms with Crippen molar-refractivity contribution < 1.29 is 5.21 Å². The first-order chi connectivity index (χ1) is 9.28. The summed E-state index contributed by atoms with van der Waals surface area (Å²) in [6, 6.07) is 12.1. The zero-order valence-corrected chi connectivity index (χ0v) is 10.3. The second-order valence-corrected chi connectivity index (χ2v) is 4.52. The SMILES string of the molecule is N/C(=N/O)c1ccc(N2Cc3ccccc3C2)nc1. The first-order valence-corrected chi connectivity index (χ1v) is 6.03. The summed E-state index contributed by atoms with van der Waals surface area (Å²) >= 11 is 0. The quantitative estimate of drug-likeness (QED) is 0.370. The summed E-state index contributed by atoms with van der Waals surface area (Å²) in [5.41, 5.74) is 8.80. The van der Waals surface area contributed by atoms with Gasteiger partial charge in [0.15, 0.2) is 5.84 Å². The predicted molar refractivity (Wildman–Crippen MR) is 73.1 cm³/mol. The Balaban J connectivity index is 1.82. The summed E-state index contributed by atoms with van der Waals surface area (Å²) in [6.07, 6.45) is 1.62. The van der Waals surface area contributed by atoms with Crippen molar-refractivity contribution in [2.24, 2.45) is 10.9 Å². The molecule has 19 heavy (non-hydrogen) atoms. The van der Waals surface area contributed by atoms with Gasteiger partial charge in [0.05, 0.1) is 0 Å². The van der Waals surface area contributed by atoms with Crippen molar-refractivity contribution in [1.82, 2.24) is 4.98 Å². The van der Waals surface area contributed by atoms with E-state index in [0.717, 1.165) is 18.9 Å². The van der Waals surface area contributed by atoms with E-state index < -0.39 is 0 Å². The van der Waals surface area contributed by atoms with Gasteiger partial charge in [-0.25, -0.2) is 4.98 Å². The van der Waals surface area contributed by atoms with Gasteiger partial charge in [-0.1, -0.05) is 29.4 Å². The standard InChI is InChI=1S/C14H14N4O/c15-14(17-19)10-5-6-13(16-7-10)18-8-11-3-1-2-4-12(11)9-18/h1-7,19H,8-9H2,(H2,15,17). The number of fused-ring (bicyclic) bond motifs is 1. The lowest BCUT2D eigenvalue weighted by molar-refractivity contribution is 0.318. The van der Waals surface area contributed by atoms with Gasteiger partial charge in [0.1, 0.15) is 5.82 Å². The molecule has 0 radical (unpaired) electrons. The molecule has 0 unspecified atom stereocenters. The number of amidine groups is 1. The van der Waals surface area contributed by atoms with Gasteiger partial charge in [0, 0.05) is 24.8 Å². The van der Waals surface area contributed by atoms with Gasteiger partial charge in [0.2, 0.25) is 0 Å². The summed E-state index contributed by atoms with van der Waals surface area (Å²) in [5, 5.41) is 11.6. The summed E-state index contributed by atoms with van der Waals surface area (Å²) < 4.78 is 0. The Hall–Kier alpha value is -2.56. The Morgan fingerprint density at radius 3 is 2.37 bits per heavy atom. The molecule has 1 aromatic carbocycles. The van der Waals surface area contributed by atoms with E-state index >= 15 is 0 Å². The van der Waals surface area contributed by atoms with Crippen molar-refractivity contribution in [2.45, 2.75) is 13.1 Å². The maximum absolute atomic E-state index is 8.61. The molecule has 0 saturated heterocycles. The molecule has 0 atom stereocenters. The number of aromatic nitrogens is 1. The molecule has 3 N–H and O–H groups in total. The van der Waals surface area contributed by atoms with Crippen molar-refractivity contribution in [1.29, 1.82) is 0 Å². The number of anilines is 1. The van der Waals surface area contributed by atoms with Crippen LogP contribution < -0.4 is 10.6 Å². The van der Waals surface area contributed by atoms with E-state index in [1.807, 2.05) is 6.07 Å². The van der Waals surface area contributed by atoms with Crippen LogP contribution in [0, 0.1) is 0 Å². The number of hydrogen-bond donors (Lipinski definition) is 2. The van der Waals surface area contributed by atoms with Crippen LogP contribution in [0.4, 0.5) is 5.82 Å². The second kappa shape index (κ2) is 4.61. The minimum absolute atomic E-state index is 0.0729. The van der Waals surface area contributed by atoms with Crippen molar-refractivity contribution in [3.05, 3.63) is 59.3 Å².